The van der Waals surface area contributed by atoms with E-state index in [2.05, 4.69) is 10.2 Å². The molecule has 1 aliphatic heterocycles. The van der Waals surface area contributed by atoms with Crippen molar-refractivity contribution in [2.75, 3.05) is 26.7 Å². The fourth-order valence-corrected chi connectivity index (χ4v) is 4.09. The molecule has 3 rings (SSSR count). The summed E-state index contributed by atoms with van der Waals surface area (Å²) in [5, 5.41) is 7.64. The highest BCUT2D eigenvalue weighted by Crippen LogP contribution is 2.24. The number of hydrogen-bond donors (Lipinski definition) is 2. The van der Waals surface area contributed by atoms with Gasteiger partial charge < -0.3 is 10.6 Å². The molecule has 0 saturated carbocycles. The van der Waals surface area contributed by atoms with Crippen LogP contribution >= 0.6 is 0 Å². The third-order valence-corrected chi connectivity index (χ3v) is 5.39. The van der Waals surface area contributed by atoms with Gasteiger partial charge in [0.2, 0.25) is 11.8 Å². The lowest BCUT2D eigenvalue weighted by Crippen LogP contribution is -2.46. The quantitative estimate of drug-likeness (QED) is 0.772. The zero-order chi connectivity index (χ0) is 17.8. The standard InChI is InChI=1S/C18H29N5O2/c1-22(11-16-14-7-3-2-4-8-15(14)20-21-16)18(25)13-6-5-9-23(10-13)12-17(19)24/h13H,2-12H2,1H3,(H2,19,24)(H,20,21). The lowest BCUT2D eigenvalue weighted by atomic mass is 9.96. The summed E-state index contributed by atoms with van der Waals surface area (Å²) < 4.78 is 0. The SMILES string of the molecule is CN(Cc1n[nH]c2c1CCCCC2)C(=O)C1CCCN(CC(N)=O)C1. The maximum Gasteiger partial charge on any atom is 0.231 e. The van der Waals surface area contributed by atoms with Gasteiger partial charge in [-0.15, -0.1) is 0 Å². The van der Waals surface area contributed by atoms with Crippen LogP contribution in [0.4, 0.5) is 0 Å². The summed E-state index contributed by atoms with van der Waals surface area (Å²) in [6.45, 7) is 2.24. The van der Waals surface area contributed by atoms with Crippen LogP contribution in [0.3, 0.4) is 0 Å². The van der Waals surface area contributed by atoms with Crippen molar-refractivity contribution in [2.24, 2.45) is 11.7 Å². The van der Waals surface area contributed by atoms with Crippen LogP contribution in [-0.4, -0.2) is 58.5 Å². The third kappa shape index (κ3) is 4.39. The van der Waals surface area contributed by atoms with Gasteiger partial charge in [-0.3, -0.25) is 19.6 Å². The van der Waals surface area contributed by atoms with Crippen molar-refractivity contribution in [3.05, 3.63) is 17.0 Å². The number of piperidine rings is 1. The first kappa shape index (κ1) is 17.9. The molecule has 3 N–H and O–H groups in total. The number of aryl methyl sites for hydroxylation is 1. The van der Waals surface area contributed by atoms with Gasteiger partial charge in [-0.2, -0.15) is 5.10 Å². The van der Waals surface area contributed by atoms with Crippen LogP contribution in [-0.2, 0) is 29.0 Å². The Hall–Kier alpha value is -1.89. The summed E-state index contributed by atoms with van der Waals surface area (Å²) in [4.78, 5) is 27.7. The van der Waals surface area contributed by atoms with Crippen molar-refractivity contribution in [1.29, 1.82) is 0 Å². The number of amides is 2. The van der Waals surface area contributed by atoms with Gasteiger partial charge in [-0.1, -0.05) is 6.42 Å². The molecular weight excluding hydrogens is 318 g/mol. The summed E-state index contributed by atoms with van der Waals surface area (Å²) in [7, 11) is 1.85. The summed E-state index contributed by atoms with van der Waals surface area (Å²) in [6.07, 6.45) is 7.58. The lowest BCUT2D eigenvalue weighted by Gasteiger charge is -2.33. The summed E-state index contributed by atoms with van der Waals surface area (Å²) >= 11 is 0. The number of carbonyl (C=O) groups excluding carboxylic acids is 2. The summed E-state index contributed by atoms with van der Waals surface area (Å²) in [6, 6.07) is 0. The molecule has 7 nitrogen and oxygen atoms in total. The predicted octanol–water partition coefficient (Wildman–Crippen LogP) is 0.834. The topological polar surface area (TPSA) is 95.3 Å². The Bertz CT molecular complexity index is 627. The third-order valence-electron chi connectivity index (χ3n) is 5.39. The summed E-state index contributed by atoms with van der Waals surface area (Å²) in [5.41, 5.74) is 8.86. The maximum atomic E-state index is 12.8. The van der Waals surface area contributed by atoms with Crippen molar-refractivity contribution in [1.82, 2.24) is 20.0 Å². The van der Waals surface area contributed by atoms with E-state index in [0.29, 0.717) is 13.1 Å². The van der Waals surface area contributed by atoms with E-state index in [4.69, 9.17) is 5.73 Å². The van der Waals surface area contributed by atoms with Crippen LogP contribution in [0, 0.1) is 5.92 Å². The van der Waals surface area contributed by atoms with Crippen LogP contribution in [0.25, 0.3) is 0 Å². The monoisotopic (exact) mass is 347 g/mol. The van der Waals surface area contributed by atoms with Crippen molar-refractivity contribution in [2.45, 2.75) is 51.5 Å². The molecule has 1 aromatic heterocycles. The number of nitrogens with zero attached hydrogens (tertiary/aromatic N) is 3. The van der Waals surface area contributed by atoms with E-state index in [0.717, 1.165) is 37.9 Å². The molecule has 1 aromatic rings. The predicted molar refractivity (Wildman–Crippen MR) is 94.7 cm³/mol. The second-order valence-electron chi connectivity index (χ2n) is 7.42. The zero-order valence-electron chi connectivity index (χ0n) is 15.1. The van der Waals surface area contributed by atoms with Crippen LogP contribution in [0.1, 0.15) is 49.1 Å². The number of rotatable bonds is 5. The molecule has 7 heteroatoms. The smallest absolute Gasteiger partial charge is 0.231 e. The molecule has 1 aliphatic carbocycles. The average molecular weight is 347 g/mol. The molecule has 2 amide bonds. The van der Waals surface area contributed by atoms with Gasteiger partial charge in [0.05, 0.1) is 24.7 Å². The largest absolute Gasteiger partial charge is 0.369 e. The van der Waals surface area contributed by atoms with Gasteiger partial charge in [0.15, 0.2) is 0 Å². The molecular formula is C18H29N5O2. The van der Waals surface area contributed by atoms with Gasteiger partial charge in [-0.25, -0.2) is 0 Å². The highest BCUT2D eigenvalue weighted by Gasteiger charge is 2.29. The maximum absolute atomic E-state index is 12.8. The van der Waals surface area contributed by atoms with E-state index in [-0.39, 0.29) is 24.3 Å². The van der Waals surface area contributed by atoms with Crippen LogP contribution in [0.15, 0.2) is 0 Å². The molecule has 0 aromatic carbocycles. The van der Waals surface area contributed by atoms with Crippen molar-refractivity contribution in [3.63, 3.8) is 0 Å². The Morgan fingerprint density at radius 1 is 1.28 bits per heavy atom. The lowest BCUT2D eigenvalue weighted by molar-refractivity contribution is -0.137. The molecule has 1 atom stereocenters. The van der Waals surface area contributed by atoms with E-state index in [1.807, 2.05) is 11.9 Å². The minimum Gasteiger partial charge on any atom is -0.369 e. The highest BCUT2D eigenvalue weighted by atomic mass is 16.2. The van der Waals surface area contributed by atoms with Crippen molar-refractivity contribution in [3.8, 4) is 0 Å². The Morgan fingerprint density at radius 2 is 2.08 bits per heavy atom. The van der Waals surface area contributed by atoms with E-state index in [1.54, 1.807) is 4.90 Å². The van der Waals surface area contributed by atoms with Crippen LogP contribution in [0.2, 0.25) is 0 Å². The number of nitrogens with two attached hydrogens (primary N) is 1. The highest BCUT2D eigenvalue weighted by molar-refractivity contribution is 5.79. The minimum absolute atomic E-state index is 0.0596. The number of carbonyl (C=O) groups is 2. The molecule has 1 saturated heterocycles. The van der Waals surface area contributed by atoms with E-state index in [1.165, 1.54) is 30.5 Å². The molecule has 2 heterocycles. The number of primary amides is 1. The van der Waals surface area contributed by atoms with E-state index >= 15 is 0 Å². The second kappa shape index (κ2) is 7.99. The Balaban J connectivity index is 1.61. The number of nitrogens with one attached hydrogen (secondary N) is 1. The molecule has 25 heavy (non-hydrogen) atoms. The number of aromatic amines is 1. The molecule has 0 radical (unpaired) electrons. The fourth-order valence-electron chi connectivity index (χ4n) is 4.09. The van der Waals surface area contributed by atoms with Gasteiger partial charge in [-0.05, 0) is 50.6 Å². The van der Waals surface area contributed by atoms with Crippen LogP contribution in [0.5, 0.6) is 0 Å². The second-order valence-corrected chi connectivity index (χ2v) is 7.42. The van der Waals surface area contributed by atoms with Gasteiger partial charge in [0.1, 0.15) is 0 Å². The van der Waals surface area contributed by atoms with E-state index < -0.39 is 0 Å². The van der Waals surface area contributed by atoms with E-state index in [9.17, 15) is 9.59 Å². The van der Waals surface area contributed by atoms with Gasteiger partial charge >= 0.3 is 0 Å². The molecule has 1 unspecified atom stereocenters. The first-order chi connectivity index (χ1) is 12.0. The van der Waals surface area contributed by atoms with Gasteiger partial charge in [0.25, 0.3) is 0 Å². The van der Waals surface area contributed by atoms with Crippen molar-refractivity contribution >= 4 is 11.8 Å². The Morgan fingerprint density at radius 3 is 2.88 bits per heavy atom. The number of hydrogen-bond acceptors (Lipinski definition) is 4. The number of likely N-dealkylation sites (tertiary alicyclic amines) is 1. The number of aromatic nitrogens is 2. The molecule has 1 fully saturated rings. The molecule has 138 valence electrons. The first-order valence-corrected chi connectivity index (χ1v) is 9.35. The number of H-pyrrole nitrogens is 1. The van der Waals surface area contributed by atoms with Gasteiger partial charge in [0, 0.05) is 19.3 Å². The Kier molecular flexibility index (Phi) is 5.73. The first-order valence-electron chi connectivity index (χ1n) is 9.35. The molecule has 0 spiro atoms. The van der Waals surface area contributed by atoms with Crippen LogP contribution < -0.4 is 5.73 Å². The average Bonchev–Trinajstić information content (AvgIpc) is 2.81. The number of fused-ring (bicyclic) bond motifs is 1. The molecule has 2 aliphatic rings. The fraction of sp³-hybridized carbons (Fsp3) is 0.722. The summed E-state index contributed by atoms with van der Waals surface area (Å²) in [5.74, 6) is -0.254. The van der Waals surface area contributed by atoms with Crippen molar-refractivity contribution < 1.29 is 9.59 Å². The normalized spacial score (nSPS) is 21.4. The zero-order valence-corrected chi connectivity index (χ0v) is 15.1. The Labute approximate surface area is 148 Å². The molecule has 0 bridgehead atoms. The minimum atomic E-state index is -0.333.